The van der Waals surface area contributed by atoms with E-state index in [1.54, 1.807) is 18.2 Å². The van der Waals surface area contributed by atoms with Gasteiger partial charge in [0, 0.05) is 23.7 Å². The van der Waals surface area contributed by atoms with E-state index in [0.717, 1.165) is 5.56 Å². The van der Waals surface area contributed by atoms with Gasteiger partial charge in [0.1, 0.15) is 5.75 Å². The van der Waals surface area contributed by atoms with Crippen LogP contribution in [0, 0.1) is 6.92 Å². The number of amides is 1. The summed E-state index contributed by atoms with van der Waals surface area (Å²) in [6, 6.07) is 5.33. The molecule has 4 nitrogen and oxygen atoms in total. The summed E-state index contributed by atoms with van der Waals surface area (Å²) in [7, 11) is 0. The SMILES string of the molecule is Cc1c(Cl)cccc1OCC(=O)NCCN.Cl. The largest absolute Gasteiger partial charge is 0.483 e. The minimum atomic E-state index is -0.190. The summed E-state index contributed by atoms with van der Waals surface area (Å²) in [6.07, 6.45) is 0. The second-order valence-corrected chi connectivity index (χ2v) is 3.70. The van der Waals surface area contributed by atoms with Crippen LogP contribution in [0.5, 0.6) is 5.75 Å². The Balaban J connectivity index is 0.00000256. The zero-order valence-electron chi connectivity index (χ0n) is 9.53. The molecule has 0 aliphatic heterocycles. The van der Waals surface area contributed by atoms with Gasteiger partial charge < -0.3 is 15.8 Å². The van der Waals surface area contributed by atoms with Gasteiger partial charge in [-0.25, -0.2) is 0 Å². The van der Waals surface area contributed by atoms with Crippen molar-refractivity contribution in [1.29, 1.82) is 0 Å². The van der Waals surface area contributed by atoms with E-state index in [1.165, 1.54) is 0 Å². The number of hydrogen-bond donors (Lipinski definition) is 2. The first-order valence-electron chi connectivity index (χ1n) is 5.00. The van der Waals surface area contributed by atoms with Gasteiger partial charge in [0.15, 0.2) is 6.61 Å². The smallest absolute Gasteiger partial charge is 0.257 e. The van der Waals surface area contributed by atoms with Crippen molar-refractivity contribution >= 4 is 29.9 Å². The molecule has 0 atom stereocenters. The molecule has 0 fully saturated rings. The first-order chi connectivity index (χ1) is 7.65. The number of carbonyl (C=O) groups excluding carboxylic acids is 1. The van der Waals surface area contributed by atoms with Crippen LogP contribution in [0.2, 0.25) is 5.02 Å². The highest BCUT2D eigenvalue weighted by molar-refractivity contribution is 6.31. The van der Waals surface area contributed by atoms with Gasteiger partial charge in [-0.3, -0.25) is 4.79 Å². The molecule has 3 N–H and O–H groups in total. The van der Waals surface area contributed by atoms with Crippen LogP contribution < -0.4 is 15.8 Å². The predicted octanol–water partition coefficient (Wildman–Crippen LogP) is 1.52. The lowest BCUT2D eigenvalue weighted by Crippen LogP contribution is -2.32. The van der Waals surface area contributed by atoms with Gasteiger partial charge in [-0.05, 0) is 19.1 Å². The molecular weight excluding hydrogens is 263 g/mol. The van der Waals surface area contributed by atoms with Crippen molar-refractivity contribution in [2.24, 2.45) is 5.73 Å². The van der Waals surface area contributed by atoms with E-state index < -0.39 is 0 Å². The fourth-order valence-corrected chi connectivity index (χ4v) is 1.32. The third kappa shape index (κ3) is 5.26. The van der Waals surface area contributed by atoms with Crippen molar-refractivity contribution < 1.29 is 9.53 Å². The Morgan fingerprint density at radius 2 is 2.24 bits per heavy atom. The van der Waals surface area contributed by atoms with Gasteiger partial charge in [0.2, 0.25) is 0 Å². The third-order valence-corrected chi connectivity index (χ3v) is 2.45. The van der Waals surface area contributed by atoms with Crippen LogP contribution in [-0.4, -0.2) is 25.6 Å². The second-order valence-electron chi connectivity index (χ2n) is 3.29. The molecule has 0 bridgehead atoms. The summed E-state index contributed by atoms with van der Waals surface area (Å²) in [4.78, 5) is 11.2. The molecule has 0 aromatic heterocycles. The number of hydrogen-bond acceptors (Lipinski definition) is 3. The average Bonchev–Trinajstić information content (AvgIpc) is 2.28. The van der Waals surface area contributed by atoms with Crippen molar-refractivity contribution in [3.8, 4) is 5.75 Å². The molecule has 0 spiro atoms. The molecule has 6 heteroatoms. The Morgan fingerprint density at radius 1 is 1.53 bits per heavy atom. The Hall–Kier alpha value is -0.970. The molecule has 1 amide bonds. The van der Waals surface area contributed by atoms with Gasteiger partial charge in [-0.2, -0.15) is 0 Å². The maximum absolute atomic E-state index is 11.2. The summed E-state index contributed by atoms with van der Waals surface area (Å²) in [6.45, 7) is 2.69. The molecular formula is C11H16Cl2N2O2. The van der Waals surface area contributed by atoms with Crippen LogP contribution in [0.3, 0.4) is 0 Å². The fraction of sp³-hybridized carbons (Fsp3) is 0.364. The van der Waals surface area contributed by atoms with Gasteiger partial charge in [0.25, 0.3) is 5.91 Å². The number of halogens is 2. The maximum Gasteiger partial charge on any atom is 0.257 e. The van der Waals surface area contributed by atoms with Gasteiger partial charge in [0.05, 0.1) is 0 Å². The summed E-state index contributed by atoms with van der Waals surface area (Å²) >= 11 is 5.92. The number of ether oxygens (including phenoxy) is 1. The van der Waals surface area contributed by atoms with E-state index in [4.69, 9.17) is 22.1 Å². The molecule has 0 saturated heterocycles. The lowest BCUT2D eigenvalue weighted by molar-refractivity contribution is -0.123. The van der Waals surface area contributed by atoms with Gasteiger partial charge >= 0.3 is 0 Å². The van der Waals surface area contributed by atoms with Crippen molar-refractivity contribution in [3.05, 3.63) is 28.8 Å². The normalized spacial score (nSPS) is 9.35. The minimum Gasteiger partial charge on any atom is -0.483 e. The van der Waals surface area contributed by atoms with Crippen LogP contribution >= 0.6 is 24.0 Å². The maximum atomic E-state index is 11.2. The van der Waals surface area contributed by atoms with E-state index >= 15 is 0 Å². The number of rotatable bonds is 5. The first kappa shape index (κ1) is 16.0. The van der Waals surface area contributed by atoms with Crippen molar-refractivity contribution in [2.45, 2.75) is 6.92 Å². The summed E-state index contributed by atoms with van der Waals surface area (Å²) in [5.74, 6) is 0.431. The van der Waals surface area contributed by atoms with Crippen LogP contribution in [0.15, 0.2) is 18.2 Å². The molecule has 0 aliphatic rings. The zero-order valence-corrected chi connectivity index (χ0v) is 11.1. The van der Waals surface area contributed by atoms with E-state index in [2.05, 4.69) is 5.32 Å². The topological polar surface area (TPSA) is 64.3 Å². The van der Waals surface area contributed by atoms with Gasteiger partial charge in [-0.1, -0.05) is 17.7 Å². The Bertz CT molecular complexity index is 372. The molecule has 1 rings (SSSR count). The van der Waals surface area contributed by atoms with Crippen molar-refractivity contribution in [3.63, 3.8) is 0 Å². The molecule has 96 valence electrons. The number of carbonyl (C=O) groups is 1. The van der Waals surface area contributed by atoms with Crippen LogP contribution in [-0.2, 0) is 4.79 Å². The Kier molecular flexibility index (Phi) is 7.70. The highest BCUT2D eigenvalue weighted by Crippen LogP contribution is 2.24. The van der Waals surface area contributed by atoms with Crippen molar-refractivity contribution in [2.75, 3.05) is 19.7 Å². The molecule has 0 aliphatic carbocycles. The van der Waals surface area contributed by atoms with Crippen LogP contribution in [0.1, 0.15) is 5.56 Å². The standard InChI is InChI=1S/C11H15ClN2O2.ClH/c1-8-9(12)3-2-4-10(8)16-7-11(15)14-6-5-13;/h2-4H,5-7,13H2,1H3,(H,14,15);1H. The minimum absolute atomic E-state index is 0. The van der Waals surface area contributed by atoms with Crippen LogP contribution in [0.25, 0.3) is 0 Å². The van der Waals surface area contributed by atoms with E-state index in [-0.39, 0.29) is 24.9 Å². The predicted molar refractivity (Wildman–Crippen MR) is 71.0 cm³/mol. The van der Waals surface area contributed by atoms with Crippen molar-refractivity contribution in [1.82, 2.24) is 5.32 Å². The lowest BCUT2D eigenvalue weighted by atomic mass is 10.2. The number of nitrogens with two attached hydrogens (primary N) is 1. The van der Waals surface area contributed by atoms with E-state index in [0.29, 0.717) is 23.9 Å². The first-order valence-corrected chi connectivity index (χ1v) is 5.37. The molecule has 0 heterocycles. The summed E-state index contributed by atoms with van der Waals surface area (Å²) in [5.41, 5.74) is 6.08. The highest BCUT2D eigenvalue weighted by atomic mass is 35.5. The zero-order chi connectivity index (χ0) is 12.0. The summed E-state index contributed by atoms with van der Waals surface area (Å²) < 4.78 is 5.34. The van der Waals surface area contributed by atoms with E-state index in [1.807, 2.05) is 6.92 Å². The monoisotopic (exact) mass is 278 g/mol. The van der Waals surface area contributed by atoms with E-state index in [9.17, 15) is 4.79 Å². The number of benzene rings is 1. The van der Waals surface area contributed by atoms with Gasteiger partial charge in [-0.15, -0.1) is 12.4 Å². The molecule has 0 radical (unpaired) electrons. The highest BCUT2D eigenvalue weighted by Gasteiger charge is 2.05. The quantitative estimate of drug-likeness (QED) is 0.859. The second kappa shape index (κ2) is 8.17. The lowest BCUT2D eigenvalue weighted by Gasteiger charge is -2.09. The molecule has 0 saturated carbocycles. The average molecular weight is 279 g/mol. The Labute approximate surface area is 112 Å². The molecule has 0 unspecified atom stereocenters. The third-order valence-electron chi connectivity index (χ3n) is 2.04. The molecule has 17 heavy (non-hydrogen) atoms. The number of nitrogens with one attached hydrogen (secondary N) is 1. The Morgan fingerprint density at radius 3 is 2.88 bits per heavy atom. The molecule has 1 aromatic rings. The summed E-state index contributed by atoms with van der Waals surface area (Å²) in [5, 5.41) is 3.24. The van der Waals surface area contributed by atoms with Crippen LogP contribution in [0.4, 0.5) is 0 Å². The molecule has 1 aromatic carbocycles. The fourth-order valence-electron chi connectivity index (χ4n) is 1.15.